The van der Waals surface area contributed by atoms with Crippen LogP contribution < -0.4 is 0 Å². The van der Waals surface area contributed by atoms with Gasteiger partial charge in [0.25, 0.3) is 0 Å². The third kappa shape index (κ3) is 4.34. The van der Waals surface area contributed by atoms with E-state index in [1.165, 1.54) is 4.90 Å². The van der Waals surface area contributed by atoms with Crippen LogP contribution in [0.4, 0.5) is 13.2 Å². The third-order valence-corrected chi connectivity index (χ3v) is 6.53. The fourth-order valence-electron chi connectivity index (χ4n) is 4.07. The van der Waals surface area contributed by atoms with Crippen molar-refractivity contribution in [3.63, 3.8) is 0 Å². The molecule has 3 rings (SSSR count). The first kappa shape index (κ1) is 23.4. The van der Waals surface area contributed by atoms with Gasteiger partial charge in [0.1, 0.15) is 23.9 Å². The van der Waals surface area contributed by atoms with Gasteiger partial charge in [-0.1, -0.05) is 39.7 Å². The van der Waals surface area contributed by atoms with E-state index in [4.69, 9.17) is 21.1 Å². The van der Waals surface area contributed by atoms with E-state index in [1.807, 2.05) is 4.90 Å². The Morgan fingerprint density at radius 2 is 1.93 bits per heavy atom. The average molecular weight is 509 g/mol. The van der Waals surface area contributed by atoms with Gasteiger partial charge in [0.15, 0.2) is 0 Å². The van der Waals surface area contributed by atoms with Crippen LogP contribution in [0.25, 0.3) is 0 Å². The monoisotopic (exact) mass is 507 g/mol. The van der Waals surface area contributed by atoms with Crippen molar-refractivity contribution in [1.82, 2.24) is 9.80 Å². The largest absolute Gasteiger partial charge is 0.432 e. The van der Waals surface area contributed by atoms with E-state index < -0.39 is 23.3 Å². The number of hydrogen-bond donors (Lipinski definition) is 0. The van der Waals surface area contributed by atoms with Gasteiger partial charge in [0.05, 0.1) is 19.3 Å². The highest BCUT2D eigenvalue weighted by Crippen LogP contribution is 2.55. The molecule has 0 amide bonds. The van der Waals surface area contributed by atoms with E-state index in [9.17, 15) is 18.4 Å². The van der Waals surface area contributed by atoms with Gasteiger partial charge in [-0.2, -0.15) is 18.4 Å². The van der Waals surface area contributed by atoms with E-state index >= 15 is 0 Å². The van der Waals surface area contributed by atoms with Crippen molar-refractivity contribution in [3.05, 3.63) is 45.0 Å². The Labute approximate surface area is 187 Å². The third-order valence-electron chi connectivity index (χ3n) is 5.44. The molecule has 2 unspecified atom stereocenters. The van der Waals surface area contributed by atoms with Gasteiger partial charge >= 0.3 is 6.18 Å². The average Bonchev–Trinajstić information content (AvgIpc) is 2.95. The van der Waals surface area contributed by atoms with Crippen molar-refractivity contribution in [2.75, 3.05) is 46.2 Å². The first-order valence-corrected chi connectivity index (χ1v) is 10.7. The Morgan fingerprint density at radius 3 is 2.47 bits per heavy atom. The lowest BCUT2D eigenvalue weighted by Crippen LogP contribution is -2.56. The zero-order chi connectivity index (χ0) is 21.9. The summed E-state index contributed by atoms with van der Waals surface area (Å²) in [5.41, 5.74) is -1.62. The van der Waals surface area contributed by atoms with Crippen LogP contribution >= 0.6 is 27.5 Å². The number of rotatable bonds is 6. The highest BCUT2D eigenvalue weighted by molar-refractivity contribution is 9.11. The van der Waals surface area contributed by atoms with Crippen molar-refractivity contribution in [1.29, 1.82) is 5.26 Å². The van der Waals surface area contributed by atoms with Gasteiger partial charge in [-0.25, -0.2) is 0 Å². The summed E-state index contributed by atoms with van der Waals surface area (Å²) < 4.78 is 53.1. The molecule has 30 heavy (non-hydrogen) atoms. The quantitative estimate of drug-likeness (QED) is 0.567. The number of hydrogen-bond acceptors (Lipinski definition) is 5. The van der Waals surface area contributed by atoms with Gasteiger partial charge in [-0.3, -0.25) is 4.90 Å². The highest BCUT2D eigenvalue weighted by atomic mass is 79.9. The summed E-state index contributed by atoms with van der Waals surface area (Å²) >= 11 is 9.17. The fourth-order valence-corrected chi connectivity index (χ4v) is 5.12. The molecule has 2 aliphatic rings. The maximum Gasteiger partial charge on any atom is 0.432 e. The normalized spacial score (nSPS) is 25.6. The van der Waals surface area contributed by atoms with Crippen molar-refractivity contribution in [3.8, 4) is 6.07 Å². The molecule has 1 saturated heterocycles. The van der Waals surface area contributed by atoms with Gasteiger partial charge in [0, 0.05) is 35.7 Å². The number of nitriles is 1. The lowest BCUT2D eigenvalue weighted by molar-refractivity contribution is -0.136. The second-order valence-electron chi connectivity index (χ2n) is 7.13. The number of allylic oxidation sites excluding steroid dienone is 1. The predicted molar refractivity (Wildman–Crippen MR) is 110 cm³/mol. The van der Waals surface area contributed by atoms with Crippen LogP contribution in [0.15, 0.2) is 34.4 Å². The summed E-state index contributed by atoms with van der Waals surface area (Å²) in [7, 11) is 0. The molecule has 1 aromatic rings. The topological polar surface area (TPSA) is 48.7 Å². The van der Waals surface area contributed by atoms with Crippen LogP contribution in [0.1, 0.15) is 12.5 Å². The molecule has 5 nitrogen and oxygen atoms in total. The molecule has 0 aliphatic carbocycles. The molecule has 10 heteroatoms. The molecule has 164 valence electrons. The fraction of sp³-hybridized carbons (Fsp3) is 0.550. The summed E-state index contributed by atoms with van der Waals surface area (Å²) in [5, 5.41) is 10.5. The second kappa shape index (κ2) is 9.45. The Balaban J connectivity index is 2.20. The Hall–Kier alpha value is -1.31. The van der Waals surface area contributed by atoms with E-state index in [2.05, 4.69) is 22.0 Å². The number of benzene rings is 1. The summed E-state index contributed by atoms with van der Waals surface area (Å²) in [5.74, 6) is -1.08. The zero-order valence-corrected chi connectivity index (χ0v) is 18.7. The van der Waals surface area contributed by atoms with Crippen molar-refractivity contribution >= 4 is 27.5 Å². The van der Waals surface area contributed by atoms with Crippen LogP contribution in [0, 0.1) is 17.2 Å². The molecule has 1 fully saturated rings. The lowest BCUT2D eigenvalue weighted by atomic mass is 9.78. The molecule has 0 radical (unpaired) electrons. The number of alkyl halides is 3. The first-order chi connectivity index (χ1) is 14.3. The predicted octanol–water partition coefficient (Wildman–Crippen LogP) is 4.49. The molecule has 2 atom stereocenters. The number of halogens is 5. The van der Waals surface area contributed by atoms with Crippen LogP contribution in [-0.4, -0.2) is 62.2 Å². The number of nitrogens with zero attached hydrogens (tertiary/aromatic N) is 3. The lowest BCUT2D eigenvalue weighted by Gasteiger charge is -2.46. The van der Waals surface area contributed by atoms with Crippen LogP contribution in [0.3, 0.4) is 0 Å². The van der Waals surface area contributed by atoms with Gasteiger partial charge < -0.3 is 14.4 Å². The van der Waals surface area contributed by atoms with Crippen molar-refractivity contribution in [2.45, 2.75) is 18.6 Å². The molecule has 0 aromatic heterocycles. The van der Waals surface area contributed by atoms with E-state index in [0.29, 0.717) is 36.9 Å². The van der Waals surface area contributed by atoms with E-state index in [0.717, 1.165) is 0 Å². The molecule has 0 bridgehead atoms. The minimum Gasteiger partial charge on any atom is -0.379 e. The minimum absolute atomic E-state index is 0.180. The summed E-state index contributed by atoms with van der Waals surface area (Å²) in [6, 6.07) is 8.75. The Kier molecular flexibility index (Phi) is 7.36. The molecule has 2 aliphatic heterocycles. The molecular formula is C20H22BrClF3N3O2. The maximum absolute atomic E-state index is 14.2. The highest BCUT2D eigenvalue weighted by Gasteiger charge is 2.60. The summed E-state index contributed by atoms with van der Waals surface area (Å²) in [6.45, 7) is 3.97. The van der Waals surface area contributed by atoms with Gasteiger partial charge in [-0.05, 0) is 24.6 Å². The Bertz CT molecular complexity index is 822. The SMILES string of the molecule is CCOCN1C(C(F)(F)F)=C(Br)C(C#N)C1(CN1CCOCC1)c1ccc(Cl)cc1. The van der Waals surface area contributed by atoms with Crippen LogP contribution in [-0.2, 0) is 15.0 Å². The molecule has 0 N–H and O–H groups in total. The molecule has 0 spiro atoms. The van der Waals surface area contributed by atoms with Crippen LogP contribution in [0.2, 0.25) is 5.02 Å². The van der Waals surface area contributed by atoms with Crippen LogP contribution in [0.5, 0.6) is 0 Å². The van der Waals surface area contributed by atoms with Gasteiger partial charge in [0.2, 0.25) is 0 Å². The zero-order valence-electron chi connectivity index (χ0n) is 16.4. The maximum atomic E-state index is 14.2. The summed E-state index contributed by atoms with van der Waals surface area (Å²) in [6.07, 6.45) is -4.66. The van der Waals surface area contributed by atoms with Gasteiger partial charge in [-0.15, -0.1) is 0 Å². The molecule has 2 heterocycles. The van der Waals surface area contributed by atoms with Crippen molar-refractivity contribution in [2.24, 2.45) is 5.92 Å². The Morgan fingerprint density at radius 1 is 1.30 bits per heavy atom. The molecular weight excluding hydrogens is 487 g/mol. The number of morpholine rings is 1. The van der Waals surface area contributed by atoms with E-state index in [-0.39, 0.29) is 24.4 Å². The number of ether oxygens (including phenoxy) is 2. The smallest absolute Gasteiger partial charge is 0.379 e. The van der Waals surface area contributed by atoms with Crippen molar-refractivity contribution < 1.29 is 22.6 Å². The first-order valence-electron chi connectivity index (χ1n) is 9.53. The molecule has 1 aromatic carbocycles. The van der Waals surface area contributed by atoms with E-state index in [1.54, 1.807) is 31.2 Å². The standard InChI is InChI=1S/C20H22BrClF3N3O2/c1-2-29-13-28-18(20(23,24)25)17(21)16(11-26)19(28,12-27-7-9-30-10-8-27)14-3-5-15(22)6-4-14/h3-6,16H,2,7-10,12-13H2,1H3. The minimum atomic E-state index is -4.66. The second-order valence-corrected chi connectivity index (χ2v) is 8.42. The summed E-state index contributed by atoms with van der Waals surface area (Å²) in [4.78, 5) is 3.22. The molecule has 0 saturated carbocycles.